The number of halogens is 1. The monoisotopic (exact) mass is 362 g/mol. The van der Waals surface area contributed by atoms with Gasteiger partial charge in [-0.05, 0) is 33.6 Å². The Morgan fingerprint density at radius 1 is 1.36 bits per heavy atom. The number of rotatable bonds is 5. The molecule has 0 spiro atoms. The van der Waals surface area contributed by atoms with Gasteiger partial charge in [0.2, 0.25) is 0 Å². The molecule has 0 unspecified atom stereocenters. The van der Waals surface area contributed by atoms with Gasteiger partial charge in [0.25, 0.3) is 0 Å². The maximum Gasteiger partial charge on any atom is 0.316 e. The smallest absolute Gasteiger partial charge is 0.316 e. The minimum Gasteiger partial charge on any atom is -0.344 e. The molecular formula is C13H11BrN6O2. The van der Waals surface area contributed by atoms with Crippen LogP contribution in [0.1, 0.15) is 22.1 Å². The number of aromatic nitrogens is 5. The van der Waals surface area contributed by atoms with Gasteiger partial charge in [0.15, 0.2) is 5.82 Å². The molecule has 0 aromatic carbocycles. The summed E-state index contributed by atoms with van der Waals surface area (Å²) in [6.07, 6.45) is 6.75. The number of nitrogens with zero attached hydrogens (tertiary/aromatic N) is 5. The van der Waals surface area contributed by atoms with Crippen molar-refractivity contribution in [2.45, 2.75) is 13.1 Å². The number of amides is 1. The van der Waals surface area contributed by atoms with Gasteiger partial charge in [-0.1, -0.05) is 5.16 Å². The summed E-state index contributed by atoms with van der Waals surface area (Å²) >= 11 is 3.30. The fraction of sp³-hybridized carbons (Fsp3) is 0.154. The lowest BCUT2D eigenvalue weighted by molar-refractivity contribution is 0.0907. The van der Waals surface area contributed by atoms with Crippen LogP contribution >= 0.6 is 15.9 Å². The Kier molecular flexibility index (Phi) is 4.24. The number of nitrogens with one attached hydrogen (secondary N) is 1. The van der Waals surface area contributed by atoms with E-state index in [1.54, 1.807) is 29.5 Å². The largest absolute Gasteiger partial charge is 0.344 e. The summed E-state index contributed by atoms with van der Waals surface area (Å²) < 4.78 is 7.44. The van der Waals surface area contributed by atoms with Crippen molar-refractivity contribution in [3.8, 4) is 0 Å². The van der Waals surface area contributed by atoms with Gasteiger partial charge >= 0.3 is 11.8 Å². The van der Waals surface area contributed by atoms with E-state index in [1.807, 2.05) is 12.1 Å². The van der Waals surface area contributed by atoms with E-state index in [9.17, 15) is 4.79 Å². The molecule has 3 heterocycles. The highest BCUT2D eigenvalue weighted by Gasteiger charge is 2.15. The number of carbonyl (C=O) groups is 1. The second-order valence-corrected chi connectivity index (χ2v) is 5.33. The summed E-state index contributed by atoms with van der Waals surface area (Å²) in [5.41, 5.74) is 0.935. The Labute approximate surface area is 133 Å². The Balaban J connectivity index is 1.59. The molecule has 0 saturated heterocycles. The van der Waals surface area contributed by atoms with Crippen molar-refractivity contribution in [1.29, 1.82) is 0 Å². The first-order valence-electron chi connectivity index (χ1n) is 6.38. The van der Waals surface area contributed by atoms with E-state index in [-0.39, 0.29) is 5.89 Å². The molecular weight excluding hydrogens is 352 g/mol. The van der Waals surface area contributed by atoms with Gasteiger partial charge in [-0.2, -0.15) is 10.1 Å². The first-order valence-corrected chi connectivity index (χ1v) is 7.17. The molecule has 0 bridgehead atoms. The Morgan fingerprint density at radius 3 is 2.91 bits per heavy atom. The molecule has 8 nitrogen and oxygen atoms in total. The van der Waals surface area contributed by atoms with Crippen LogP contribution < -0.4 is 5.32 Å². The van der Waals surface area contributed by atoms with Crippen LogP contribution in [0.5, 0.6) is 0 Å². The third-order valence-electron chi connectivity index (χ3n) is 2.77. The summed E-state index contributed by atoms with van der Waals surface area (Å²) in [5.74, 6) is -0.114. The molecule has 1 N–H and O–H groups in total. The van der Waals surface area contributed by atoms with Crippen molar-refractivity contribution in [2.24, 2.45) is 0 Å². The Bertz CT molecular complexity index is 770. The molecule has 0 aliphatic heterocycles. The van der Waals surface area contributed by atoms with Crippen LogP contribution in [0.3, 0.4) is 0 Å². The van der Waals surface area contributed by atoms with Crippen molar-refractivity contribution in [1.82, 2.24) is 30.2 Å². The van der Waals surface area contributed by atoms with Crippen LogP contribution in [-0.2, 0) is 13.1 Å². The van der Waals surface area contributed by atoms with Gasteiger partial charge in [-0.15, -0.1) is 0 Å². The first-order chi connectivity index (χ1) is 10.7. The summed E-state index contributed by atoms with van der Waals surface area (Å²) in [5, 5.41) is 10.6. The van der Waals surface area contributed by atoms with Crippen LogP contribution in [0.4, 0.5) is 0 Å². The van der Waals surface area contributed by atoms with E-state index in [1.165, 1.54) is 0 Å². The zero-order valence-corrected chi connectivity index (χ0v) is 12.9. The molecule has 0 atom stereocenters. The maximum absolute atomic E-state index is 11.9. The molecule has 1 amide bonds. The van der Waals surface area contributed by atoms with E-state index < -0.39 is 5.91 Å². The fourth-order valence-electron chi connectivity index (χ4n) is 1.74. The van der Waals surface area contributed by atoms with E-state index in [0.29, 0.717) is 18.9 Å². The fourth-order valence-corrected chi connectivity index (χ4v) is 2.07. The third kappa shape index (κ3) is 3.55. The highest BCUT2D eigenvalue weighted by atomic mass is 79.9. The van der Waals surface area contributed by atoms with Crippen molar-refractivity contribution >= 4 is 21.8 Å². The molecule has 3 aromatic heterocycles. The van der Waals surface area contributed by atoms with Crippen molar-refractivity contribution < 1.29 is 9.32 Å². The van der Waals surface area contributed by atoms with Crippen molar-refractivity contribution in [3.05, 3.63) is 58.7 Å². The van der Waals surface area contributed by atoms with Gasteiger partial charge in [0, 0.05) is 25.1 Å². The minimum absolute atomic E-state index is 0.0738. The average molecular weight is 363 g/mol. The molecule has 112 valence electrons. The lowest BCUT2D eigenvalue weighted by Crippen LogP contribution is -2.23. The molecule has 0 radical (unpaired) electrons. The molecule has 3 aromatic rings. The standard InChI is InChI=1S/C13H11BrN6O2/c14-10-6-17-20(7-10)8-11-18-13(22-19-11)12(21)16-5-9-1-3-15-4-2-9/h1-4,6-7H,5,8H2,(H,16,21). The second-order valence-electron chi connectivity index (χ2n) is 4.41. The van der Waals surface area contributed by atoms with Crippen molar-refractivity contribution in [2.75, 3.05) is 0 Å². The van der Waals surface area contributed by atoms with Crippen LogP contribution in [-0.4, -0.2) is 30.8 Å². The van der Waals surface area contributed by atoms with Crippen LogP contribution in [0.2, 0.25) is 0 Å². The van der Waals surface area contributed by atoms with Crippen molar-refractivity contribution in [3.63, 3.8) is 0 Å². The Hall–Kier alpha value is -2.55. The number of hydrogen-bond acceptors (Lipinski definition) is 6. The van der Waals surface area contributed by atoms with E-state index in [4.69, 9.17) is 4.52 Å². The minimum atomic E-state index is -0.419. The maximum atomic E-state index is 11.9. The van der Waals surface area contributed by atoms with Gasteiger partial charge in [0.05, 0.1) is 10.7 Å². The predicted octanol–water partition coefficient (Wildman–Crippen LogP) is 1.40. The van der Waals surface area contributed by atoms with Gasteiger partial charge in [-0.25, -0.2) is 0 Å². The zero-order chi connectivity index (χ0) is 15.4. The normalized spacial score (nSPS) is 10.6. The topological polar surface area (TPSA) is 98.7 Å². The molecule has 0 aliphatic rings. The molecule has 22 heavy (non-hydrogen) atoms. The van der Waals surface area contributed by atoms with Crippen LogP contribution in [0.25, 0.3) is 0 Å². The van der Waals surface area contributed by atoms with E-state index >= 15 is 0 Å². The number of hydrogen-bond donors (Lipinski definition) is 1. The second kappa shape index (κ2) is 6.48. The van der Waals surface area contributed by atoms with Crippen LogP contribution in [0.15, 0.2) is 45.9 Å². The lowest BCUT2D eigenvalue weighted by Gasteiger charge is -2.01. The van der Waals surface area contributed by atoms with Gasteiger partial charge < -0.3 is 9.84 Å². The Morgan fingerprint density at radius 2 is 2.18 bits per heavy atom. The third-order valence-corrected chi connectivity index (χ3v) is 3.18. The molecule has 3 rings (SSSR count). The summed E-state index contributed by atoms with van der Waals surface area (Å²) in [6, 6.07) is 3.63. The summed E-state index contributed by atoms with van der Waals surface area (Å²) in [7, 11) is 0. The average Bonchev–Trinajstić information content (AvgIpc) is 3.16. The quantitative estimate of drug-likeness (QED) is 0.736. The summed E-state index contributed by atoms with van der Waals surface area (Å²) in [6.45, 7) is 0.692. The highest BCUT2D eigenvalue weighted by molar-refractivity contribution is 9.10. The zero-order valence-electron chi connectivity index (χ0n) is 11.3. The van der Waals surface area contributed by atoms with Gasteiger partial charge in [-0.3, -0.25) is 14.5 Å². The first kappa shape index (κ1) is 14.4. The highest BCUT2D eigenvalue weighted by Crippen LogP contribution is 2.08. The van der Waals surface area contributed by atoms with Gasteiger partial charge in [0.1, 0.15) is 6.54 Å². The van der Waals surface area contributed by atoms with E-state index in [0.717, 1.165) is 10.0 Å². The number of pyridine rings is 1. The molecule has 0 aliphatic carbocycles. The van der Waals surface area contributed by atoms with E-state index in [2.05, 4.69) is 41.5 Å². The predicted molar refractivity (Wildman–Crippen MR) is 78.7 cm³/mol. The van der Waals surface area contributed by atoms with Crippen LogP contribution in [0, 0.1) is 0 Å². The molecule has 0 fully saturated rings. The SMILES string of the molecule is O=C(NCc1ccncc1)c1nc(Cn2cc(Br)cn2)no1. The number of carbonyl (C=O) groups excluding carboxylic acids is 1. The molecule has 0 saturated carbocycles. The lowest BCUT2D eigenvalue weighted by atomic mass is 10.3. The molecule has 9 heteroatoms. The summed E-state index contributed by atoms with van der Waals surface area (Å²) in [4.78, 5) is 19.9.